The van der Waals surface area contributed by atoms with Crippen LogP contribution in [0.3, 0.4) is 0 Å². The van der Waals surface area contributed by atoms with E-state index in [2.05, 4.69) is 66.7 Å². The average molecular weight is 646 g/mol. The number of nitrogens with zero attached hydrogens (tertiary/aromatic N) is 5. The Morgan fingerprint density at radius 3 is 1.33 bits per heavy atom. The van der Waals surface area contributed by atoms with E-state index in [-0.39, 0.29) is 0 Å². The molecule has 0 amide bonds. The second-order valence-corrected chi connectivity index (χ2v) is 12.8. The van der Waals surface area contributed by atoms with Crippen LogP contribution in [0.4, 0.5) is 0 Å². The molecule has 5 nitrogen and oxygen atoms in total. The SMILES string of the molecule is c1ccc(-c2cc(-c3ccccc3)nc(-c3cc(-c4nc(-c5ccccc5)nc(-c5ccccc5)n4)c4c(c3)sc3ccccc34)n2)cc1. The van der Waals surface area contributed by atoms with Gasteiger partial charge in [0.1, 0.15) is 0 Å². The molecule has 0 saturated carbocycles. The van der Waals surface area contributed by atoms with Crippen molar-refractivity contribution in [2.75, 3.05) is 0 Å². The van der Waals surface area contributed by atoms with Gasteiger partial charge >= 0.3 is 0 Å². The molecule has 0 fully saturated rings. The van der Waals surface area contributed by atoms with Gasteiger partial charge in [-0.2, -0.15) is 0 Å². The van der Waals surface area contributed by atoms with Gasteiger partial charge in [-0.3, -0.25) is 0 Å². The van der Waals surface area contributed by atoms with Gasteiger partial charge in [0.25, 0.3) is 0 Å². The fourth-order valence-electron chi connectivity index (χ4n) is 6.18. The molecule has 0 N–H and O–H groups in total. The number of fused-ring (bicyclic) bond motifs is 3. The molecule has 9 rings (SSSR count). The van der Waals surface area contributed by atoms with E-state index in [1.807, 2.05) is 97.1 Å². The molecule has 3 aromatic heterocycles. The van der Waals surface area contributed by atoms with Crippen LogP contribution >= 0.6 is 11.3 Å². The van der Waals surface area contributed by atoms with Gasteiger partial charge in [-0.15, -0.1) is 11.3 Å². The van der Waals surface area contributed by atoms with Gasteiger partial charge in [0, 0.05) is 53.6 Å². The minimum Gasteiger partial charge on any atom is -0.228 e. The maximum absolute atomic E-state index is 5.17. The zero-order chi connectivity index (χ0) is 32.6. The fourth-order valence-corrected chi connectivity index (χ4v) is 7.35. The van der Waals surface area contributed by atoms with Crippen LogP contribution in [0.2, 0.25) is 0 Å². The molecule has 0 saturated heterocycles. The Balaban J connectivity index is 1.33. The number of thiophene rings is 1. The van der Waals surface area contributed by atoms with Crippen LogP contribution in [-0.2, 0) is 0 Å². The van der Waals surface area contributed by atoms with E-state index >= 15 is 0 Å². The Bertz CT molecular complexity index is 2470. The van der Waals surface area contributed by atoms with Gasteiger partial charge in [0.2, 0.25) is 0 Å². The zero-order valence-corrected chi connectivity index (χ0v) is 27.0. The number of hydrogen-bond donors (Lipinski definition) is 0. The molecule has 0 atom stereocenters. The molecular formula is C43H27N5S. The summed E-state index contributed by atoms with van der Waals surface area (Å²) < 4.78 is 2.31. The summed E-state index contributed by atoms with van der Waals surface area (Å²) in [6.07, 6.45) is 0. The van der Waals surface area contributed by atoms with Gasteiger partial charge in [0.15, 0.2) is 23.3 Å². The number of rotatable bonds is 6. The van der Waals surface area contributed by atoms with Crippen molar-refractivity contribution in [3.8, 4) is 68.1 Å². The standard InChI is InChI=1S/C43H27N5S/c1-5-15-28(16-6-1)35-27-36(29-17-7-2-8-18-29)45-42(44-35)32-25-34(39-33-23-13-14-24-37(33)49-38(39)26-32)43-47-40(30-19-9-3-10-20-30)46-41(48-43)31-21-11-4-12-22-31/h1-27H. The Morgan fingerprint density at radius 1 is 0.327 bits per heavy atom. The second-order valence-electron chi connectivity index (χ2n) is 11.7. The molecule has 3 heterocycles. The van der Waals surface area contributed by atoms with Gasteiger partial charge in [-0.1, -0.05) is 140 Å². The third kappa shape index (κ3) is 5.54. The van der Waals surface area contributed by atoms with E-state index in [9.17, 15) is 0 Å². The highest BCUT2D eigenvalue weighted by Crippen LogP contribution is 2.42. The highest BCUT2D eigenvalue weighted by Gasteiger charge is 2.20. The predicted octanol–water partition coefficient (Wildman–Crippen LogP) is 11.0. The average Bonchev–Trinajstić information content (AvgIpc) is 3.57. The molecule has 9 aromatic rings. The third-order valence-electron chi connectivity index (χ3n) is 8.54. The molecule has 0 aliphatic heterocycles. The summed E-state index contributed by atoms with van der Waals surface area (Å²) in [5.74, 6) is 2.49. The summed E-state index contributed by atoms with van der Waals surface area (Å²) in [6.45, 7) is 0. The minimum absolute atomic E-state index is 0.602. The molecule has 6 heteroatoms. The Morgan fingerprint density at radius 2 is 0.776 bits per heavy atom. The van der Waals surface area contributed by atoms with Crippen LogP contribution in [0, 0.1) is 0 Å². The van der Waals surface area contributed by atoms with E-state index in [4.69, 9.17) is 24.9 Å². The van der Waals surface area contributed by atoms with Crippen LogP contribution < -0.4 is 0 Å². The molecule has 0 aliphatic rings. The van der Waals surface area contributed by atoms with E-state index in [1.54, 1.807) is 11.3 Å². The monoisotopic (exact) mass is 645 g/mol. The minimum atomic E-state index is 0.602. The summed E-state index contributed by atoms with van der Waals surface area (Å²) in [4.78, 5) is 25.6. The van der Waals surface area contributed by atoms with Crippen LogP contribution in [0.1, 0.15) is 0 Å². The lowest BCUT2D eigenvalue weighted by atomic mass is 10.0. The summed E-state index contributed by atoms with van der Waals surface area (Å²) in [5.41, 5.74) is 7.45. The van der Waals surface area contributed by atoms with E-state index in [1.165, 1.54) is 4.70 Å². The predicted molar refractivity (Wildman–Crippen MR) is 201 cm³/mol. The van der Waals surface area contributed by atoms with E-state index in [0.29, 0.717) is 23.3 Å². The lowest BCUT2D eigenvalue weighted by molar-refractivity contribution is 1.08. The summed E-state index contributed by atoms with van der Waals surface area (Å²) in [6, 6.07) is 55.7. The smallest absolute Gasteiger partial charge is 0.164 e. The summed E-state index contributed by atoms with van der Waals surface area (Å²) >= 11 is 1.75. The molecule has 0 aliphatic carbocycles. The van der Waals surface area contributed by atoms with Crippen molar-refractivity contribution in [1.82, 2.24) is 24.9 Å². The lowest BCUT2D eigenvalue weighted by Gasteiger charge is -2.12. The first-order valence-electron chi connectivity index (χ1n) is 16.1. The normalized spacial score (nSPS) is 11.3. The van der Waals surface area contributed by atoms with Crippen molar-refractivity contribution in [2.24, 2.45) is 0 Å². The van der Waals surface area contributed by atoms with Gasteiger partial charge in [-0.25, -0.2) is 24.9 Å². The molecular weight excluding hydrogens is 619 g/mol. The Kier molecular flexibility index (Phi) is 7.26. The van der Waals surface area contributed by atoms with Crippen molar-refractivity contribution in [3.05, 3.63) is 164 Å². The van der Waals surface area contributed by atoms with Crippen molar-refractivity contribution in [1.29, 1.82) is 0 Å². The Labute approximate surface area is 287 Å². The number of hydrogen-bond acceptors (Lipinski definition) is 6. The molecule has 0 bridgehead atoms. The lowest BCUT2D eigenvalue weighted by Crippen LogP contribution is -2.01. The molecule has 230 valence electrons. The van der Waals surface area contributed by atoms with Gasteiger partial charge in [-0.05, 0) is 24.3 Å². The van der Waals surface area contributed by atoms with E-state index in [0.717, 1.165) is 60.2 Å². The van der Waals surface area contributed by atoms with E-state index < -0.39 is 0 Å². The highest BCUT2D eigenvalue weighted by molar-refractivity contribution is 7.26. The molecule has 49 heavy (non-hydrogen) atoms. The molecule has 0 radical (unpaired) electrons. The van der Waals surface area contributed by atoms with Crippen LogP contribution in [-0.4, -0.2) is 24.9 Å². The molecule has 0 unspecified atom stereocenters. The van der Waals surface area contributed by atoms with Crippen molar-refractivity contribution < 1.29 is 0 Å². The highest BCUT2D eigenvalue weighted by atomic mass is 32.1. The number of benzene rings is 6. The second kappa shape index (κ2) is 12.3. The van der Waals surface area contributed by atoms with Crippen LogP contribution in [0.25, 0.3) is 88.2 Å². The summed E-state index contributed by atoms with van der Waals surface area (Å²) in [5, 5.41) is 2.27. The van der Waals surface area contributed by atoms with Crippen LogP contribution in [0.5, 0.6) is 0 Å². The largest absolute Gasteiger partial charge is 0.228 e. The third-order valence-corrected chi connectivity index (χ3v) is 9.66. The molecule has 6 aromatic carbocycles. The summed E-state index contributed by atoms with van der Waals surface area (Å²) in [7, 11) is 0. The topological polar surface area (TPSA) is 64.5 Å². The quantitative estimate of drug-likeness (QED) is 0.180. The first kappa shape index (κ1) is 28.8. The first-order valence-corrected chi connectivity index (χ1v) is 16.9. The Hall–Kier alpha value is -6.37. The molecule has 0 spiro atoms. The van der Waals surface area contributed by atoms with Gasteiger partial charge < -0.3 is 0 Å². The number of aromatic nitrogens is 5. The van der Waals surface area contributed by atoms with Gasteiger partial charge in [0.05, 0.1) is 11.4 Å². The van der Waals surface area contributed by atoms with Crippen molar-refractivity contribution in [2.45, 2.75) is 0 Å². The maximum atomic E-state index is 5.17. The first-order chi connectivity index (χ1) is 24.3. The zero-order valence-electron chi connectivity index (χ0n) is 26.2. The maximum Gasteiger partial charge on any atom is 0.164 e. The van der Waals surface area contributed by atoms with Crippen molar-refractivity contribution >= 4 is 31.5 Å². The fraction of sp³-hybridized carbons (Fsp3) is 0. The van der Waals surface area contributed by atoms with Crippen molar-refractivity contribution in [3.63, 3.8) is 0 Å². The van der Waals surface area contributed by atoms with Crippen LogP contribution in [0.15, 0.2) is 164 Å².